The zero-order chi connectivity index (χ0) is 23.6. The Morgan fingerprint density at radius 3 is 2.18 bits per heavy atom. The Balaban J connectivity index is 1.66. The van der Waals surface area contributed by atoms with E-state index in [9.17, 15) is 23.1 Å². The molecule has 1 amide bonds. The molecule has 0 atom stereocenters. The molecule has 1 aromatic heterocycles. The highest BCUT2D eigenvalue weighted by atomic mass is 32.2. The summed E-state index contributed by atoms with van der Waals surface area (Å²) in [5, 5.41) is 13.8. The Morgan fingerprint density at radius 2 is 1.61 bits per heavy atom. The monoisotopic (exact) mass is 468 g/mol. The summed E-state index contributed by atoms with van der Waals surface area (Å²) >= 11 is 0. The molecule has 172 valence electrons. The highest BCUT2D eigenvalue weighted by Crippen LogP contribution is 2.30. The molecule has 33 heavy (non-hydrogen) atoms. The molecule has 0 unspecified atom stereocenters. The molecule has 11 heteroatoms. The van der Waals surface area contributed by atoms with Crippen LogP contribution in [0.3, 0.4) is 0 Å². The number of carboxylic acid groups (broad SMARTS) is 1. The fourth-order valence-corrected chi connectivity index (χ4v) is 4.72. The van der Waals surface area contributed by atoms with Crippen LogP contribution in [0, 0.1) is 5.92 Å². The highest BCUT2D eigenvalue weighted by Gasteiger charge is 2.26. The molecule has 0 saturated carbocycles. The van der Waals surface area contributed by atoms with Gasteiger partial charge in [0, 0.05) is 37.6 Å². The molecule has 0 bridgehead atoms. The number of anilines is 3. The minimum Gasteiger partial charge on any atom is -0.550 e. The van der Waals surface area contributed by atoms with Crippen LogP contribution in [-0.2, 0) is 19.6 Å². The fourth-order valence-electron chi connectivity index (χ4n) is 3.71. The number of sulfonamides is 1. The molecule has 1 fully saturated rings. The number of nitrogens with zero attached hydrogens (tertiary/aromatic N) is 3. The Kier molecular flexibility index (Phi) is 6.14. The molecular formula is C22H22N5O5S-. The second-order valence-corrected chi connectivity index (χ2v) is 9.46. The number of rotatable bonds is 6. The lowest BCUT2D eigenvalue weighted by Crippen LogP contribution is -2.42. The molecule has 2 aromatic carbocycles. The average molecular weight is 469 g/mol. The van der Waals surface area contributed by atoms with Crippen LogP contribution in [0.25, 0.3) is 11.0 Å². The Hall–Kier alpha value is -3.73. The molecule has 3 aromatic rings. The highest BCUT2D eigenvalue weighted by molar-refractivity contribution is 7.92. The zero-order valence-corrected chi connectivity index (χ0v) is 18.6. The van der Waals surface area contributed by atoms with Gasteiger partial charge in [0.05, 0.1) is 15.9 Å². The van der Waals surface area contributed by atoms with Gasteiger partial charge in [0.25, 0.3) is 10.0 Å². The lowest BCUT2D eigenvalue weighted by molar-refractivity contribution is -0.312. The number of carbonyl (C=O) groups is 2. The number of amides is 1. The summed E-state index contributed by atoms with van der Waals surface area (Å²) in [5.41, 5.74) is 1.59. The number of fused-ring (bicyclic) bond motifs is 1. The van der Waals surface area contributed by atoms with E-state index >= 15 is 0 Å². The fraction of sp³-hybridized carbons (Fsp3) is 0.273. The van der Waals surface area contributed by atoms with Gasteiger partial charge in [-0.15, -0.1) is 0 Å². The van der Waals surface area contributed by atoms with E-state index in [0.29, 0.717) is 48.5 Å². The zero-order valence-electron chi connectivity index (χ0n) is 17.8. The van der Waals surface area contributed by atoms with E-state index < -0.39 is 21.9 Å². The third-order valence-electron chi connectivity index (χ3n) is 5.40. The average Bonchev–Trinajstić information content (AvgIpc) is 2.78. The van der Waals surface area contributed by atoms with Crippen molar-refractivity contribution >= 4 is 50.3 Å². The number of aliphatic carboxylic acids is 1. The summed E-state index contributed by atoms with van der Waals surface area (Å²) < 4.78 is 28.7. The normalized spacial score (nSPS) is 14.8. The Labute approximate surface area is 190 Å². The lowest BCUT2D eigenvalue weighted by Gasteiger charge is -2.33. The van der Waals surface area contributed by atoms with Crippen molar-refractivity contribution in [2.24, 2.45) is 5.92 Å². The molecule has 0 aliphatic carbocycles. The topological polar surface area (TPSA) is 144 Å². The Morgan fingerprint density at radius 1 is 1.00 bits per heavy atom. The lowest BCUT2D eigenvalue weighted by atomic mass is 9.97. The SMILES string of the molecule is CC(=O)Nc1ccc(S(=O)(=O)Nc2nc3ccccc3nc2N2CCC(C(=O)[O-])CC2)cc1. The van der Waals surface area contributed by atoms with Crippen LogP contribution in [0.1, 0.15) is 19.8 Å². The minimum absolute atomic E-state index is 0.00632. The molecule has 0 radical (unpaired) electrons. The first kappa shape index (κ1) is 22.5. The van der Waals surface area contributed by atoms with Crippen LogP contribution in [-0.4, -0.2) is 43.4 Å². The predicted molar refractivity (Wildman–Crippen MR) is 121 cm³/mol. The molecule has 1 aliphatic heterocycles. The second kappa shape index (κ2) is 9.02. The number of hydrogen-bond acceptors (Lipinski definition) is 8. The standard InChI is InChI=1S/C22H23N5O5S/c1-14(28)23-16-6-8-17(9-7-16)33(31,32)26-20-21(25-19-5-3-2-4-18(19)24-20)27-12-10-15(11-13-27)22(29)30/h2-9,15H,10-13H2,1H3,(H,23,28)(H,24,26)(H,29,30)/p-1. The number of nitrogens with one attached hydrogen (secondary N) is 2. The van der Waals surface area contributed by atoms with Crippen molar-refractivity contribution in [1.29, 1.82) is 0 Å². The number of piperidine rings is 1. The largest absolute Gasteiger partial charge is 0.550 e. The molecule has 1 aliphatic rings. The van der Waals surface area contributed by atoms with Gasteiger partial charge in [-0.1, -0.05) is 12.1 Å². The van der Waals surface area contributed by atoms with Crippen LogP contribution in [0.4, 0.5) is 17.3 Å². The second-order valence-electron chi connectivity index (χ2n) is 7.78. The van der Waals surface area contributed by atoms with Crippen LogP contribution < -0.4 is 20.0 Å². The van der Waals surface area contributed by atoms with E-state index in [2.05, 4.69) is 20.0 Å². The summed E-state index contributed by atoms with van der Waals surface area (Å²) in [4.78, 5) is 33.3. The molecule has 1 saturated heterocycles. The first-order valence-electron chi connectivity index (χ1n) is 10.4. The van der Waals surface area contributed by atoms with Gasteiger partial charge in [0.2, 0.25) is 5.91 Å². The maximum absolute atomic E-state index is 13.1. The van der Waals surface area contributed by atoms with Crippen molar-refractivity contribution in [1.82, 2.24) is 9.97 Å². The molecule has 0 spiro atoms. The number of aromatic nitrogens is 2. The van der Waals surface area contributed by atoms with Gasteiger partial charge >= 0.3 is 0 Å². The smallest absolute Gasteiger partial charge is 0.263 e. The number of carboxylic acids is 1. The van der Waals surface area contributed by atoms with Crippen LogP contribution in [0.2, 0.25) is 0 Å². The van der Waals surface area contributed by atoms with Crippen molar-refractivity contribution in [3.05, 3.63) is 48.5 Å². The third kappa shape index (κ3) is 5.03. The van der Waals surface area contributed by atoms with Crippen molar-refractivity contribution in [3.8, 4) is 0 Å². The van der Waals surface area contributed by atoms with Crippen LogP contribution in [0.15, 0.2) is 53.4 Å². The van der Waals surface area contributed by atoms with E-state index in [1.54, 1.807) is 18.2 Å². The third-order valence-corrected chi connectivity index (χ3v) is 6.75. The quantitative estimate of drug-likeness (QED) is 0.552. The van der Waals surface area contributed by atoms with Crippen molar-refractivity contribution < 1.29 is 23.1 Å². The van der Waals surface area contributed by atoms with Gasteiger partial charge in [0.15, 0.2) is 11.6 Å². The van der Waals surface area contributed by atoms with Gasteiger partial charge in [0.1, 0.15) is 0 Å². The van der Waals surface area contributed by atoms with E-state index in [1.807, 2.05) is 11.0 Å². The van der Waals surface area contributed by atoms with Gasteiger partial charge in [-0.05, 0) is 49.2 Å². The van der Waals surface area contributed by atoms with Gasteiger partial charge < -0.3 is 20.1 Å². The number of carbonyl (C=O) groups excluding carboxylic acids is 2. The van der Waals surface area contributed by atoms with E-state index in [1.165, 1.54) is 31.2 Å². The maximum Gasteiger partial charge on any atom is 0.263 e. The molecule has 10 nitrogen and oxygen atoms in total. The summed E-state index contributed by atoms with van der Waals surface area (Å²) in [6.07, 6.45) is 0.737. The number of hydrogen-bond donors (Lipinski definition) is 2. The van der Waals surface area contributed by atoms with Crippen LogP contribution in [0.5, 0.6) is 0 Å². The summed E-state index contributed by atoms with van der Waals surface area (Å²) in [6.45, 7) is 2.12. The number of benzene rings is 2. The van der Waals surface area contributed by atoms with Crippen molar-refractivity contribution in [2.45, 2.75) is 24.7 Å². The van der Waals surface area contributed by atoms with Crippen molar-refractivity contribution in [2.75, 3.05) is 28.0 Å². The van der Waals surface area contributed by atoms with E-state index in [0.717, 1.165) is 0 Å². The van der Waals surface area contributed by atoms with Gasteiger partial charge in [-0.3, -0.25) is 9.52 Å². The van der Waals surface area contributed by atoms with Gasteiger partial charge in [-0.2, -0.15) is 0 Å². The van der Waals surface area contributed by atoms with Gasteiger partial charge in [-0.25, -0.2) is 18.4 Å². The van der Waals surface area contributed by atoms with Crippen LogP contribution >= 0.6 is 0 Å². The molecule has 2 N–H and O–H groups in total. The molecular weight excluding hydrogens is 446 g/mol. The first-order chi connectivity index (χ1) is 15.7. The minimum atomic E-state index is -4.01. The summed E-state index contributed by atoms with van der Waals surface area (Å²) in [7, 11) is -4.01. The first-order valence-corrected chi connectivity index (χ1v) is 11.8. The molecule has 2 heterocycles. The number of para-hydroxylation sites is 2. The Bertz CT molecular complexity index is 1300. The van der Waals surface area contributed by atoms with E-state index in [4.69, 9.17) is 0 Å². The summed E-state index contributed by atoms with van der Waals surface area (Å²) in [5.74, 6) is -1.49. The summed E-state index contributed by atoms with van der Waals surface area (Å²) in [6, 6.07) is 12.8. The van der Waals surface area contributed by atoms with E-state index in [-0.39, 0.29) is 16.6 Å². The predicted octanol–water partition coefficient (Wildman–Crippen LogP) is 1.36. The maximum atomic E-state index is 13.1. The molecule has 4 rings (SSSR count). The van der Waals surface area contributed by atoms with Crippen molar-refractivity contribution in [3.63, 3.8) is 0 Å².